The molecule has 2 rings (SSSR count). The van der Waals surface area contributed by atoms with Crippen LogP contribution in [-0.2, 0) is 14.6 Å². The van der Waals surface area contributed by atoms with Crippen molar-refractivity contribution in [2.45, 2.75) is 44.1 Å². The number of likely N-dealkylation sites (tertiary alicyclic amines) is 1. The van der Waals surface area contributed by atoms with Crippen molar-refractivity contribution in [1.82, 2.24) is 10.2 Å². The second-order valence-electron chi connectivity index (χ2n) is 6.18. The second kappa shape index (κ2) is 4.94. The van der Waals surface area contributed by atoms with E-state index >= 15 is 0 Å². The van der Waals surface area contributed by atoms with Gasteiger partial charge in [-0.2, -0.15) is 0 Å². The number of carbonyl (C=O) groups excluding carboxylic acids is 1. The standard InChI is InChI=1S/C12H22N2O4S/c1-12(2,3)18-11(15)14-6-4-9-10(8-14)19(16,17)7-5-13-9/h9-10,13H,4-8H2,1-3H3/t9-,10-/m1/s1. The number of piperidine rings is 1. The summed E-state index contributed by atoms with van der Waals surface area (Å²) in [5.74, 6) is 0.149. The Morgan fingerprint density at radius 1 is 1.37 bits per heavy atom. The summed E-state index contributed by atoms with van der Waals surface area (Å²) in [7, 11) is -3.11. The van der Waals surface area contributed by atoms with Gasteiger partial charge in [0, 0.05) is 25.7 Å². The fourth-order valence-electron chi connectivity index (χ4n) is 2.54. The summed E-state index contributed by atoms with van der Waals surface area (Å²) in [6, 6.07) is -0.0302. The molecule has 0 spiro atoms. The monoisotopic (exact) mass is 290 g/mol. The van der Waals surface area contributed by atoms with Gasteiger partial charge in [-0.05, 0) is 27.2 Å². The number of rotatable bonds is 0. The van der Waals surface area contributed by atoms with Crippen LogP contribution in [0.2, 0.25) is 0 Å². The lowest BCUT2D eigenvalue weighted by molar-refractivity contribution is 0.0201. The molecule has 19 heavy (non-hydrogen) atoms. The van der Waals surface area contributed by atoms with E-state index in [-0.39, 0.29) is 18.3 Å². The Morgan fingerprint density at radius 2 is 2.05 bits per heavy atom. The predicted molar refractivity (Wildman–Crippen MR) is 71.8 cm³/mol. The van der Waals surface area contributed by atoms with Crippen molar-refractivity contribution in [1.29, 1.82) is 0 Å². The van der Waals surface area contributed by atoms with Crippen LogP contribution < -0.4 is 5.32 Å². The molecule has 0 radical (unpaired) electrons. The SMILES string of the molecule is CC(C)(C)OC(=O)N1CC[C@H]2NCCS(=O)(=O)[C@@H]2C1. The summed E-state index contributed by atoms with van der Waals surface area (Å²) >= 11 is 0. The minimum absolute atomic E-state index is 0.0302. The van der Waals surface area contributed by atoms with Crippen molar-refractivity contribution in [2.24, 2.45) is 0 Å². The summed E-state index contributed by atoms with van der Waals surface area (Å²) in [6.07, 6.45) is 0.232. The first-order valence-electron chi connectivity index (χ1n) is 6.62. The Bertz CT molecular complexity index is 455. The molecular weight excluding hydrogens is 268 g/mol. The van der Waals surface area contributed by atoms with Gasteiger partial charge in [0.05, 0.1) is 11.0 Å². The van der Waals surface area contributed by atoms with Gasteiger partial charge in [0.1, 0.15) is 5.60 Å². The quantitative estimate of drug-likeness (QED) is 0.698. The van der Waals surface area contributed by atoms with Crippen molar-refractivity contribution < 1.29 is 17.9 Å². The van der Waals surface area contributed by atoms with Crippen LogP contribution in [0.25, 0.3) is 0 Å². The lowest BCUT2D eigenvalue weighted by Crippen LogP contribution is -2.61. The maximum atomic E-state index is 12.1. The molecule has 0 unspecified atom stereocenters. The van der Waals surface area contributed by atoms with E-state index in [1.54, 1.807) is 20.8 Å². The number of nitrogens with zero attached hydrogens (tertiary/aromatic N) is 1. The molecule has 2 heterocycles. The zero-order valence-corrected chi connectivity index (χ0v) is 12.5. The lowest BCUT2D eigenvalue weighted by atomic mass is 10.0. The van der Waals surface area contributed by atoms with E-state index in [9.17, 15) is 13.2 Å². The molecule has 2 aliphatic rings. The highest BCUT2D eigenvalue weighted by Gasteiger charge is 2.42. The van der Waals surface area contributed by atoms with E-state index < -0.39 is 26.8 Å². The molecule has 0 aromatic rings. The van der Waals surface area contributed by atoms with Gasteiger partial charge in [0.2, 0.25) is 0 Å². The molecule has 0 aliphatic carbocycles. The zero-order valence-electron chi connectivity index (χ0n) is 11.7. The molecule has 1 N–H and O–H groups in total. The van der Waals surface area contributed by atoms with Gasteiger partial charge in [-0.3, -0.25) is 0 Å². The predicted octanol–water partition coefficient (Wildman–Crippen LogP) is 0.382. The molecule has 2 fully saturated rings. The Kier molecular flexibility index (Phi) is 3.79. The zero-order chi connectivity index (χ0) is 14.3. The first-order valence-corrected chi connectivity index (χ1v) is 8.33. The average Bonchev–Trinajstić information content (AvgIpc) is 2.26. The van der Waals surface area contributed by atoms with Crippen molar-refractivity contribution in [3.63, 3.8) is 0 Å². The maximum absolute atomic E-state index is 12.1. The molecule has 1 amide bonds. The molecule has 110 valence electrons. The molecule has 7 heteroatoms. The van der Waals surface area contributed by atoms with Gasteiger partial charge in [0.15, 0.2) is 9.84 Å². The number of fused-ring (bicyclic) bond motifs is 1. The number of hydrogen-bond donors (Lipinski definition) is 1. The molecule has 2 aliphatic heterocycles. The van der Waals surface area contributed by atoms with Gasteiger partial charge in [-0.25, -0.2) is 13.2 Å². The van der Waals surface area contributed by atoms with E-state index in [0.29, 0.717) is 19.5 Å². The van der Waals surface area contributed by atoms with Crippen LogP contribution in [0, 0.1) is 0 Å². The van der Waals surface area contributed by atoms with E-state index in [1.165, 1.54) is 4.90 Å². The van der Waals surface area contributed by atoms with E-state index in [1.807, 2.05) is 0 Å². The Hall–Kier alpha value is -0.820. The summed E-state index contributed by atoms with van der Waals surface area (Å²) in [4.78, 5) is 13.5. The molecule has 2 saturated heterocycles. The summed E-state index contributed by atoms with van der Waals surface area (Å²) in [5.41, 5.74) is -0.558. The molecule has 0 bridgehead atoms. The van der Waals surface area contributed by atoms with Gasteiger partial charge in [-0.15, -0.1) is 0 Å². The highest BCUT2D eigenvalue weighted by molar-refractivity contribution is 7.92. The summed E-state index contributed by atoms with van der Waals surface area (Å²) in [5, 5.41) is 2.73. The van der Waals surface area contributed by atoms with Gasteiger partial charge in [-0.1, -0.05) is 0 Å². The molecule has 0 aromatic heterocycles. The van der Waals surface area contributed by atoms with Crippen molar-refractivity contribution >= 4 is 15.9 Å². The Morgan fingerprint density at radius 3 is 2.68 bits per heavy atom. The largest absolute Gasteiger partial charge is 0.444 e. The number of ether oxygens (including phenoxy) is 1. The molecule has 6 nitrogen and oxygen atoms in total. The average molecular weight is 290 g/mol. The van der Waals surface area contributed by atoms with Crippen LogP contribution in [0.3, 0.4) is 0 Å². The summed E-state index contributed by atoms with van der Waals surface area (Å²) in [6.45, 7) is 6.69. The van der Waals surface area contributed by atoms with Crippen molar-refractivity contribution in [3.05, 3.63) is 0 Å². The number of hydrogen-bond acceptors (Lipinski definition) is 5. The van der Waals surface area contributed by atoms with E-state index in [2.05, 4.69) is 5.32 Å². The van der Waals surface area contributed by atoms with E-state index in [0.717, 1.165) is 0 Å². The van der Waals surface area contributed by atoms with Crippen molar-refractivity contribution in [2.75, 3.05) is 25.4 Å². The van der Waals surface area contributed by atoms with Gasteiger partial charge >= 0.3 is 6.09 Å². The minimum Gasteiger partial charge on any atom is -0.444 e. The Labute approximate surface area is 114 Å². The van der Waals surface area contributed by atoms with Gasteiger partial charge in [0.25, 0.3) is 0 Å². The van der Waals surface area contributed by atoms with Crippen LogP contribution in [0.4, 0.5) is 4.79 Å². The van der Waals surface area contributed by atoms with Crippen LogP contribution in [0.15, 0.2) is 0 Å². The highest BCUT2D eigenvalue weighted by atomic mass is 32.2. The molecule has 0 aromatic carbocycles. The fourth-order valence-corrected chi connectivity index (χ4v) is 4.39. The van der Waals surface area contributed by atoms with Crippen LogP contribution in [-0.4, -0.2) is 61.7 Å². The first kappa shape index (κ1) is 14.6. The Balaban J connectivity index is 2.06. The van der Waals surface area contributed by atoms with Crippen LogP contribution in [0.1, 0.15) is 27.2 Å². The molecule has 2 atom stereocenters. The smallest absolute Gasteiger partial charge is 0.410 e. The minimum atomic E-state index is -3.11. The van der Waals surface area contributed by atoms with Crippen LogP contribution >= 0.6 is 0 Å². The number of nitrogens with one attached hydrogen (secondary N) is 1. The topological polar surface area (TPSA) is 75.7 Å². The molecule has 0 saturated carbocycles. The van der Waals surface area contributed by atoms with E-state index in [4.69, 9.17) is 4.74 Å². The van der Waals surface area contributed by atoms with Crippen LogP contribution in [0.5, 0.6) is 0 Å². The third-order valence-electron chi connectivity index (χ3n) is 3.47. The third-order valence-corrected chi connectivity index (χ3v) is 5.64. The second-order valence-corrected chi connectivity index (χ2v) is 8.52. The fraction of sp³-hybridized carbons (Fsp3) is 0.917. The highest BCUT2D eigenvalue weighted by Crippen LogP contribution is 2.23. The normalized spacial score (nSPS) is 30.6. The maximum Gasteiger partial charge on any atom is 0.410 e. The van der Waals surface area contributed by atoms with Crippen molar-refractivity contribution in [3.8, 4) is 0 Å². The number of amides is 1. The van der Waals surface area contributed by atoms with Gasteiger partial charge < -0.3 is 15.0 Å². The first-order chi connectivity index (χ1) is 8.69. The number of carbonyl (C=O) groups is 1. The number of sulfone groups is 1. The lowest BCUT2D eigenvalue weighted by Gasteiger charge is -2.41. The summed E-state index contributed by atoms with van der Waals surface area (Å²) < 4.78 is 29.4. The third kappa shape index (κ3) is 3.39. The molecular formula is C12H22N2O4S.